The summed E-state index contributed by atoms with van der Waals surface area (Å²) in [6.45, 7) is 0. The second-order valence-electron chi connectivity index (χ2n) is 0. The predicted molar refractivity (Wildman–Crippen MR) is 5.75 cm³/mol. The molecule has 0 saturated carbocycles. The van der Waals surface area contributed by atoms with Crippen LogP contribution in [0, 0.1) is 0 Å². The molecule has 0 aromatic rings. The minimum absolute atomic E-state index is 0. The quantitative estimate of drug-likeness (QED) is 0.304. The molecule has 0 unspecified atom stereocenters. The molecule has 0 radical (unpaired) electrons. The standard InChI is InChI=1S/3ClH.Mg.Na/h3*1H;;/q;;;+2;+1/p-3. The normalized spacial score (nSPS) is 0. The van der Waals surface area contributed by atoms with Crippen LogP contribution < -0.4 is 66.8 Å². The maximum Gasteiger partial charge on any atom is 2.00 e. The molecule has 0 nitrogen and oxygen atoms in total. The summed E-state index contributed by atoms with van der Waals surface area (Å²) in [5.74, 6) is 0. The molecule has 0 amide bonds. The fraction of sp³-hybridized carbons (Fsp3) is 0. The first-order valence-corrected chi connectivity index (χ1v) is 0. The van der Waals surface area contributed by atoms with Gasteiger partial charge in [0.05, 0.1) is 0 Å². The Kier molecular flexibility index (Phi) is 294. The molecule has 0 aliphatic rings. The van der Waals surface area contributed by atoms with Crippen LogP contribution in [-0.4, -0.2) is 23.1 Å². The number of hydrogen-bond donors (Lipinski definition) is 0. The third-order valence-electron chi connectivity index (χ3n) is 0. The van der Waals surface area contributed by atoms with E-state index in [9.17, 15) is 0 Å². The average Bonchev–Trinajstić information content (AvgIpc) is 0. The Labute approximate surface area is 88.5 Å². The molecule has 0 saturated heterocycles. The molecule has 0 aliphatic carbocycles. The second-order valence-corrected chi connectivity index (χ2v) is 0. The van der Waals surface area contributed by atoms with Gasteiger partial charge in [0.15, 0.2) is 0 Å². The zero-order valence-corrected chi connectivity index (χ0v) is 8.52. The Hall–Kier alpha value is 2.64. The number of hydrogen-bond acceptors (Lipinski definition) is 0. The first-order chi connectivity index (χ1) is 0. The van der Waals surface area contributed by atoms with Gasteiger partial charge in [-0.1, -0.05) is 0 Å². The first-order valence-electron chi connectivity index (χ1n) is 0. The number of halogens is 3. The van der Waals surface area contributed by atoms with E-state index in [1.54, 1.807) is 0 Å². The van der Waals surface area contributed by atoms with E-state index < -0.39 is 0 Å². The van der Waals surface area contributed by atoms with E-state index in [-0.39, 0.29) is 89.8 Å². The van der Waals surface area contributed by atoms with Crippen molar-refractivity contribution in [2.24, 2.45) is 0 Å². The maximum absolute atomic E-state index is 0. The molecular formula is Cl3MgNa. The van der Waals surface area contributed by atoms with Crippen molar-refractivity contribution in [2.45, 2.75) is 0 Å². The van der Waals surface area contributed by atoms with Crippen LogP contribution >= 0.6 is 0 Å². The molecule has 0 aliphatic heterocycles. The Balaban J connectivity index is 0. The molecule has 0 atom stereocenters. The van der Waals surface area contributed by atoms with E-state index in [1.807, 2.05) is 0 Å². The molecule has 5 heavy (non-hydrogen) atoms. The van der Waals surface area contributed by atoms with Crippen LogP contribution in [0.15, 0.2) is 0 Å². The summed E-state index contributed by atoms with van der Waals surface area (Å²) < 4.78 is 0. The van der Waals surface area contributed by atoms with Crippen molar-refractivity contribution >= 4 is 23.1 Å². The van der Waals surface area contributed by atoms with Crippen molar-refractivity contribution in [1.29, 1.82) is 0 Å². The van der Waals surface area contributed by atoms with Gasteiger partial charge >= 0.3 is 52.6 Å². The van der Waals surface area contributed by atoms with Gasteiger partial charge in [0.1, 0.15) is 0 Å². The third-order valence-corrected chi connectivity index (χ3v) is 0. The molecule has 0 fully saturated rings. The zero-order chi connectivity index (χ0) is 0. The second kappa shape index (κ2) is 30.3. The molecule has 0 bridgehead atoms. The van der Waals surface area contributed by atoms with Gasteiger partial charge < -0.3 is 37.2 Å². The zero-order valence-electron chi connectivity index (χ0n) is 2.84. The Morgan fingerprint density at radius 1 is 0.600 bits per heavy atom. The molecule has 0 N–H and O–H groups in total. The van der Waals surface area contributed by atoms with E-state index in [2.05, 4.69) is 0 Å². The van der Waals surface area contributed by atoms with Crippen LogP contribution in [0.25, 0.3) is 0 Å². The topological polar surface area (TPSA) is 0 Å². The van der Waals surface area contributed by atoms with Crippen LogP contribution in [0.2, 0.25) is 0 Å². The van der Waals surface area contributed by atoms with Crippen LogP contribution in [0.4, 0.5) is 0 Å². The predicted octanol–water partition coefficient (Wildman–Crippen LogP) is -12.4. The van der Waals surface area contributed by atoms with Gasteiger partial charge in [-0.05, 0) is 0 Å². The van der Waals surface area contributed by atoms with E-state index in [0.717, 1.165) is 0 Å². The van der Waals surface area contributed by atoms with Gasteiger partial charge in [-0.15, -0.1) is 0 Å². The molecule has 0 aromatic heterocycles. The minimum atomic E-state index is 0. The van der Waals surface area contributed by atoms with Crippen LogP contribution in [-0.2, 0) is 0 Å². The fourth-order valence-electron chi connectivity index (χ4n) is 0. The van der Waals surface area contributed by atoms with Crippen LogP contribution in [0.3, 0.4) is 0 Å². The van der Waals surface area contributed by atoms with E-state index in [4.69, 9.17) is 0 Å². The Morgan fingerprint density at radius 2 is 0.600 bits per heavy atom. The van der Waals surface area contributed by atoms with E-state index in [0.29, 0.717) is 0 Å². The maximum atomic E-state index is 0. The molecule has 0 aromatic carbocycles. The smallest absolute Gasteiger partial charge is 1.00 e. The van der Waals surface area contributed by atoms with Gasteiger partial charge in [-0.2, -0.15) is 0 Å². The summed E-state index contributed by atoms with van der Waals surface area (Å²) in [4.78, 5) is 0. The minimum Gasteiger partial charge on any atom is -1.00 e. The van der Waals surface area contributed by atoms with Crippen molar-refractivity contribution in [3.8, 4) is 0 Å². The molecule has 24 valence electrons. The van der Waals surface area contributed by atoms with Crippen molar-refractivity contribution < 1.29 is 66.8 Å². The van der Waals surface area contributed by atoms with Gasteiger partial charge in [-0.3, -0.25) is 0 Å². The Morgan fingerprint density at radius 3 is 0.600 bits per heavy atom. The Bertz CT molecular complexity index is 6.85. The van der Waals surface area contributed by atoms with Gasteiger partial charge in [-0.25, -0.2) is 0 Å². The van der Waals surface area contributed by atoms with Crippen molar-refractivity contribution in [3.63, 3.8) is 0 Å². The fourth-order valence-corrected chi connectivity index (χ4v) is 0. The van der Waals surface area contributed by atoms with Gasteiger partial charge in [0.25, 0.3) is 0 Å². The molecule has 0 heterocycles. The summed E-state index contributed by atoms with van der Waals surface area (Å²) in [6.07, 6.45) is 0. The van der Waals surface area contributed by atoms with E-state index >= 15 is 0 Å². The summed E-state index contributed by atoms with van der Waals surface area (Å²) >= 11 is 0. The average molecular weight is 154 g/mol. The summed E-state index contributed by atoms with van der Waals surface area (Å²) in [6, 6.07) is 0. The van der Waals surface area contributed by atoms with Crippen molar-refractivity contribution in [3.05, 3.63) is 0 Å². The summed E-state index contributed by atoms with van der Waals surface area (Å²) in [5.41, 5.74) is 0. The summed E-state index contributed by atoms with van der Waals surface area (Å²) in [5, 5.41) is 0. The first kappa shape index (κ1) is 48.4. The van der Waals surface area contributed by atoms with Crippen LogP contribution in [0.5, 0.6) is 0 Å². The SMILES string of the molecule is [Cl-].[Cl-].[Cl-].[Mg+2].[Na+]. The van der Waals surface area contributed by atoms with Crippen molar-refractivity contribution in [1.82, 2.24) is 0 Å². The van der Waals surface area contributed by atoms with Crippen molar-refractivity contribution in [2.75, 3.05) is 0 Å². The van der Waals surface area contributed by atoms with Crippen LogP contribution in [0.1, 0.15) is 0 Å². The van der Waals surface area contributed by atoms with E-state index in [1.165, 1.54) is 0 Å². The molecular weight excluding hydrogens is 154 g/mol. The molecule has 5 heteroatoms. The monoisotopic (exact) mass is 152 g/mol. The summed E-state index contributed by atoms with van der Waals surface area (Å²) in [7, 11) is 0. The molecule has 0 rings (SSSR count). The largest absolute Gasteiger partial charge is 2.00 e. The molecule has 0 spiro atoms. The third kappa shape index (κ3) is 20.5. The number of rotatable bonds is 0. The van der Waals surface area contributed by atoms with Gasteiger partial charge in [0, 0.05) is 0 Å². The van der Waals surface area contributed by atoms with Gasteiger partial charge in [0.2, 0.25) is 0 Å².